The molecule has 1 aromatic heterocycles. The van der Waals surface area contributed by atoms with Gasteiger partial charge < -0.3 is 20.1 Å². The molecule has 2 heterocycles. The van der Waals surface area contributed by atoms with Crippen molar-refractivity contribution in [1.82, 2.24) is 4.57 Å². The van der Waals surface area contributed by atoms with E-state index < -0.39 is 11.9 Å². The minimum absolute atomic E-state index is 0.0839. The number of hydrogen-bond donors (Lipinski definition) is 2. The zero-order valence-corrected chi connectivity index (χ0v) is 15.8. The summed E-state index contributed by atoms with van der Waals surface area (Å²) < 4.78 is 7.59. The predicted molar refractivity (Wildman–Crippen MR) is 102 cm³/mol. The van der Waals surface area contributed by atoms with E-state index >= 15 is 0 Å². The Balaban J connectivity index is 1.67. The molecule has 1 aliphatic heterocycles. The number of carbonyl (C=O) groups excluding carboxylic acids is 1. The van der Waals surface area contributed by atoms with E-state index in [0.717, 1.165) is 12.0 Å². The molecule has 3 rings (SSSR count). The van der Waals surface area contributed by atoms with Gasteiger partial charge in [0.2, 0.25) is 5.78 Å². The maximum Gasteiger partial charge on any atom is 0.312 e. The first-order valence-corrected chi connectivity index (χ1v) is 9.22. The van der Waals surface area contributed by atoms with Crippen LogP contribution >= 0.6 is 0 Å². The van der Waals surface area contributed by atoms with Gasteiger partial charge in [-0.1, -0.05) is 24.3 Å². The highest BCUT2D eigenvalue weighted by molar-refractivity contribution is 6.08. The van der Waals surface area contributed by atoms with Gasteiger partial charge in [0.05, 0.1) is 23.8 Å². The first kappa shape index (κ1) is 19.3. The fraction of sp³-hybridized carbons (Fsp3) is 0.429. The van der Waals surface area contributed by atoms with Crippen LogP contribution in [0.5, 0.6) is 0 Å². The number of aliphatic carboxylic acids is 1. The predicted octanol–water partition coefficient (Wildman–Crippen LogP) is 2.59. The third-order valence-electron chi connectivity index (χ3n) is 5.13. The van der Waals surface area contributed by atoms with E-state index in [9.17, 15) is 14.7 Å². The molecular weight excluding hydrogens is 344 g/mol. The van der Waals surface area contributed by atoms with Crippen molar-refractivity contribution in [2.45, 2.75) is 44.8 Å². The standard InChI is InChI=1S/C21H26N2O4/c1-21(2,13-22)27-12-10-14-3-5-15(6-4-14)19(24)18-8-7-17-16(20(25)26)9-11-23(17)18/h3-8,16H,9-13,22H2,1-2H3,(H,25,26)/t16-/m1/s1. The number of aromatic nitrogens is 1. The summed E-state index contributed by atoms with van der Waals surface area (Å²) in [5.41, 5.74) is 8.27. The van der Waals surface area contributed by atoms with Crippen LogP contribution in [0, 0.1) is 0 Å². The maximum absolute atomic E-state index is 12.8. The summed E-state index contributed by atoms with van der Waals surface area (Å²) in [5.74, 6) is -1.44. The van der Waals surface area contributed by atoms with Crippen molar-refractivity contribution in [2.75, 3.05) is 13.2 Å². The Kier molecular flexibility index (Phi) is 5.48. The number of ether oxygens (including phenoxy) is 1. The molecule has 1 aromatic carbocycles. The van der Waals surface area contributed by atoms with Gasteiger partial charge in [0.1, 0.15) is 0 Å². The maximum atomic E-state index is 12.8. The Bertz CT molecular complexity index is 836. The van der Waals surface area contributed by atoms with Crippen LogP contribution in [-0.4, -0.2) is 40.2 Å². The van der Waals surface area contributed by atoms with Gasteiger partial charge in [-0.3, -0.25) is 9.59 Å². The number of rotatable bonds is 8. The molecule has 6 heteroatoms. The second kappa shape index (κ2) is 7.66. The molecule has 0 bridgehead atoms. The topological polar surface area (TPSA) is 94.5 Å². The number of carboxylic acids is 1. The molecule has 1 atom stereocenters. The van der Waals surface area contributed by atoms with Crippen molar-refractivity contribution in [3.05, 3.63) is 58.9 Å². The molecule has 0 radical (unpaired) electrons. The number of hydrogen-bond acceptors (Lipinski definition) is 4. The third-order valence-corrected chi connectivity index (χ3v) is 5.13. The highest BCUT2D eigenvalue weighted by atomic mass is 16.5. The number of benzene rings is 1. The number of carboxylic acid groups (broad SMARTS) is 1. The monoisotopic (exact) mass is 370 g/mol. The van der Waals surface area contributed by atoms with Gasteiger partial charge in [-0.05, 0) is 44.4 Å². The summed E-state index contributed by atoms with van der Waals surface area (Å²) >= 11 is 0. The van der Waals surface area contributed by atoms with E-state index in [1.807, 2.05) is 42.7 Å². The molecule has 0 fully saturated rings. The van der Waals surface area contributed by atoms with Gasteiger partial charge in [0.25, 0.3) is 0 Å². The van der Waals surface area contributed by atoms with E-state index in [1.165, 1.54) is 0 Å². The Morgan fingerprint density at radius 2 is 1.93 bits per heavy atom. The number of fused-ring (bicyclic) bond motifs is 1. The van der Waals surface area contributed by atoms with E-state index in [-0.39, 0.29) is 11.4 Å². The molecular formula is C21H26N2O4. The molecule has 6 nitrogen and oxygen atoms in total. The van der Waals surface area contributed by atoms with Crippen LogP contribution in [0.1, 0.15) is 53.5 Å². The van der Waals surface area contributed by atoms with Crippen LogP contribution in [0.4, 0.5) is 0 Å². The van der Waals surface area contributed by atoms with E-state index in [2.05, 4.69) is 0 Å². The molecule has 0 aliphatic carbocycles. The second-order valence-electron chi connectivity index (χ2n) is 7.56. The molecule has 1 aliphatic rings. The molecule has 3 N–H and O–H groups in total. The van der Waals surface area contributed by atoms with Gasteiger partial charge in [0.15, 0.2) is 0 Å². The van der Waals surface area contributed by atoms with Gasteiger partial charge >= 0.3 is 5.97 Å². The number of ketones is 1. The smallest absolute Gasteiger partial charge is 0.312 e. The molecule has 0 unspecified atom stereocenters. The van der Waals surface area contributed by atoms with Crippen LogP contribution in [0.3, 0.4) is 0 Å². The highest BCUT2D eigenvalue weighted by Crippen LogP contribution is 2.31. The lowest BCUT2D eigenvalue weighted by Crippen LogP contribution is -2.34. The fourth-order valence-corrected chi connectivity index (χ4v) is 3.37. The minimum atomic E-state index is -0.838. The van der Waals surface area contributed by atoms with Gasteiger partial charge in [-0.25, -0.2) is 0 Å². The Hall–Kier alpha value is -2.44. The average Bonchev–Trinajstić information content (AvgIpc) is 3.23. The largest absolute Gasteiger partial charge is 0.481 e. The van der Waals surface area contributed by atoms with Gasteiger partial charge in [-0.15, -0.1) is 0 Å². The SMILES string of the molecule is CC(C)(CN)OCCc1ccc(C(=O)c2ccc3n2CC[C@H]3C(=O)O)cc1. The van der Waals surface area contributed by atoms with Gasteiger partial charge in [-0.2, -0.15) is 0 Å². The first-order chi connectivity index (χ1) is 12.8. The molecule has 27 heavy (non-hydrogen) atoms. The Morgan fingerprint density at radius 3 is 2.56 bits per heavy atom. The minimum Gasteiger partial charge on any atom is -0.481 e. The van der Waals surface area contributed by atoms with Crippen molar-refractivity contribution >= 4 is 11.8 Å². The molecule has 0 saturated carbocycles. The lowest BCUT2D eigenvalue weighted by Gasteiger charge is -2.23. The van der Waals surface area contributed by atoms with Crippen molar-refractivity contribution in [3.63, 3.8) is 0 Å². The lowest BCUT2D eigenvalue weighted by molar-refractivity contribution is -0.138. The van der Waals surface area contributed by atoms with Crippen LogP contribution < -0.4 is 5.73 Å². The quantitative estimate of drug-likeness (QED) is 0.697. The van der Waals surface area contributed by atoms with Gasteiger partial charge in [0, 0.05) is 24.3 Å². The van der Waals surface area contributed by atoms with E-state index in [4.69, 9.17) is 10.5 Å². The zero-order valence-electron chi connectivity index (χ0n) is 15.8. The molecule has 2 aromatic rings. The zero-order chi connectivity index (χ0) is 19.6. The normalized spacial score (nSPS) is 16.3. The summed E-state index contributed by atoms with van der Waals surface area (Å²) in [5, 5.41) is 9.28. The summed E-state index contributed by atoms with van der Waals surface area (Å²) in [4.78, 5) is 24.1. The van der Waals surface area contributed by atoms with Crippen LogP contribution in [0.15, 0.2) is 36.4 Å². The van der Waals surface area contributed by atoms with E-state index in [1.54, 1.807) is 12.1 Å². The average molecular weight is 370 g/mol. The summed E-state index contributed by atoms with van der Waals surface area (Å²) in [7, 11) is 0. The lowest BCUT2D eigenvalue weighted by atomic mass is 10.0. The Morgan fingerprint density at radius 1 is 1.22 bits per heavy atom. The van der Waals surface area contributed by atoms with Crippen molar-refractivity contribution < 1.29 is 19.4 Å². The molecule has 144 valence electrons. The van der Waals surface area contributed by atoms with Crippen LogP contribution in [-0.2, 0) is 22.5 Å². The van der Waals surface area contributed by atoms with Crippen molar-refractivity contribution in [2.24, 2.45) is 5.73 Å². The molecule has 0 amide bonds. The number of nitrogens with zero attached hydrogens (tertiary/aromatic N) is 1. The second-order valence-corrected chi connectivity index (χ2v) is 7.56. The molecule has 0 spiro atoms. The highest BCUT2D eigenvalue weighted by Gasteiger charge is 2.31. The number of carbonyl (C=O) groups is 2. The third kappa shape index (κ3) is 4.12. The first-order valence-electron chi connectivity index (χ1n) is 9.22. The van der Waals surface area contributed by atoms with Crippen LogP contribution in [0.2, 0.25) is 0 Å². The van der Waals surface area contributed by atoms with Crippen molar-refractivity contribution in [1.29, 1.82) is 0 Å². The number of nitrogens with two attached hydrogens (primary N) is 1. The van der Waals surface area contributed by atoms with E-state index in [0.29, 0.717) is 43.1 Å². The summed E-state index contributed by atoms with van der Waals surface area (Å²) in [6.07, 6.45) is 1.28. The van der Waals surface area contributed by atoms with Crippen molar-refractivity contribution in [3.8, 4) is 0 Å². The van der Waals surface area contributed by atoms with Crippen LogP contribution in [0.25, 0.3) is 0 Å². The summed E-state index contributed by atoms with van der Waals surface area (Å²) in [6.45, 7) is 5.51. The fourth-order valence-electron chi connectivity index (χ4n) is 3.37. The summed E-state index contributed by atoms with van der Waals surface area (Å²) in [6, 6.07) is 11.0. The molecule has 0 saturated heterocycles. The Labute approximate surface area is 158 Å².